The van der Waals surface area contributed by atoms with Crippen LogP contribution in [0.1, 0.15) is 62.1 Å². The lowest BCUT2D eigenvalue weighted by atomic mass is 10.1. The number of aryl methyl sites for hydroxylation is 3. The van der Waals surface area contributed by atoms with Gasteiger partial charge in [-0.05, 0) is 38.3 Å². The fourth-order valence-electron chi connectivity index (χ4n) is 2.74. The van der Waals surface area contributed by atoms with Crippen molar-refractivity contribution in [1.29, 1.82) is 0 Å². The molecule has 0 saturated carbocycles. The van der Waals surface area contributed by atoms with Gasteiger partial charge in [-0.25, -0.2) is 0 Å². The van der Waals surface area contributed by atoms with Crippen LogP contribution in [0.15, 0.2) is 12.1 Å². The van der Waals surface area contributed by atoms with Crippen LogP contribution in [0.4, 0.5) is 5.69 Å². The molecule has 1 rings (SSSR count). The zero-order valence-corrected chi connectivity index (χ0v) is 14.9. The van der Waals surface area contributed by atoms with Crippen LogP contribution in [0.2, 0.25) is 0 Å². The molecular formula is C19H30N2O2. The molecule has 0 aliphatic carbocycles. The number of anilines is 1. The van der Waals surface area contributed by atoms with Crippen LogP contribution in [-0.4, -0.2) is 18.4 Å². The van der Waals surface area contributed by atoms with Gasteiger partial charge in [-0.1, -0.05) is 56.7 Å². The molecule has 0 heterocycles. The number of rotatable bonds is 8. The van der Waals surface area contributed by atoms with Crippen LogP contribution in [0, 0.1) is 20.8 Å². The molecule has 0 atom stereocenters. The predicted octanol–water partition coefficient (Wildman–Crippen LogP) is 4.03. The number of unbranched alkanes of at least 4 members (excludes halogenated alkanes) is 5. The Morgan fingerprint density at radius 3 is 2.04 bits per heavy atom. The first-order valence-corrected chi connectivity index (χ1v) is 8.62. The van der Waals surface area contributed by atoms with Crippen molar-refractivity contribution in [3.8, 4) is 0 Å². The molecule has 0 bridgehead atoms. The number of amides is 2. The normalized spacial score (nSPS) is 10.4. The molecule has 0 radical (unpaired) electrons. The summed E-state index contributed by atoms with van der Waals surface area (Å²) in [6.07, 6.45) is 6.96. The van der Waals surface area contributed by atoms with E-state index in [0.717, 1.165) is 35.2 Å². The lowest BCUT2D eigenvalue weighted by Crippen LogP contribution is -2.36. The highest BCUT2D eigenvalue weighted by Crippen LogP contribution is 2.21. The van der Waals surface area contributed by atoms with Crippen LogP contribution in [0.3, 0.4) is 0 Å². The van der Waals surface area contributed by atoms with Crippen molar-refractivity contribution in [2.24, 2.45) is 0 Å². The quantitative estimate of drug-likeness (QED) is 0.561. The first kappa shape index (κ1) is 19.2. The monoisotopic (exact) mass is 318 g/mol. The summed E-state index contributed by atoms with van der Waals surface area (Å²) >= 11 is 0. The maximum absolute atomic E-state index is 12.0. The summed E-state index contributed by atoms with van der Waals surface area (Å²) in [5, 5.41) is 5.42. The molecule has 1 aromatic carbocycles. The first-order valence-electron chi connectivity index (χ1n) is 8.62. The van der Waals surface area contributed by atoms with Gasteiger partial charge in [0.2, 0.25) is 0 Å². The van der Waals surface area contributed by atoms with E-state index in [-0.39, 0.29) is 0 Å². The number of benzene rings is 1. The van der Waals surface area contributed by atoms with E-state index < -0.39 is 11.8 Å². The SMILES string of the molecule is CCCCCCCCNC(=O)C(=O)Nc1c(C)cc(C)cc1C. The molecule has 0 saturated heterocycles. The van der Waals surface area contributed by atoms with Crippen molar-refractivity contribution in [2.45, 2.75) is 66.2 Å². The third-order valence-electron chi connectivity index (χ3n) is 3.94. The maximum atomic E-state index is 12.0. The summed E-state index contributed by atoms with van der Waals surface area (Å²) < 4.78 is 0. The predicted molar refractivity (Wildman–Crippen MR) is 95.7 cm³/mol. The summed E-state index contributed by atoms with van der Waals surface area (Å²) in [5.41, 5.74) is 3.82. The average Bonchev–Trinajstić information content (AvgIpc) is 2.49. The van der Waals surface area contributed by atoms with E-state index in [9.17, 15) is 9.59 Å². The minimum absolute atomic E-state index is 0.557. The maximum Gasteiger partial charge on any atom is 0.313 e. The van der Waals surface area contributed by atoms with Gasteiger partial charge in [0, 0.05) is 12.2 Å². The fraction of sp³-hybridized carbons (Fsp3) is 0.579. The molecular weight excluding hydrogens is 288 g/mol. The van der Waals surface area contributed by atoms with Crippen molar-refractivity contribution >= 4 is 17.5 Å². The van der Waals surface area contributed by atoms with Gasteiger partial charge >= 0.3 is 11.8 Å². The molecule has 1 aromatic rings. The minimum atomic E-state index is -0.592. The van der Waals surface area contributed by atoms with Crippen LogP contribution < -0.4 is 10.6 Å². The summed E-state index contributed by atoms with van der Waals surface area (Å²) in [6.45, 7) is 8.63. The first-order chi connectivity index (χ1) is 11.0. The Kier molecular flexibility index (Phi) is 8.38. The summed E-state index contributed by atoms with van der Waals surface area (Å²) in [6, 6.07) is 3.99. The molecule has 0 aliphatic heterocycles. The topological polar surface area (TPSA) is 58.2 Å². The summed E-state index contributed by atoms with van der Waals surface area (Å²) in [4.78, 5) is 23.8. The van der Waals surface area contributed by atoms with Gasteiger partial charge in [0.1, 0.15) is 0 Å². The van der Waals surface area contributed by atoms with E-state index >= 15 is 0 Å². The second-order valence-electron chi connectivity index (χ2n) is 6.25. The van der Waals surface area contributed by atoms with Crippen LogP contribution in [0.25, 0.3) is 0 Å². The van der Waals surface area contributed by atoms with E-state index in [0.29, 0.717) is 6.54 Å². The lowest BCUT2D eigenvalue weighted by molar-refractivity contribution is -0.136. The van der Waals surface area contributed by atoms with E-state index in [4.69, 9.17) is 0 Å². The number of carbonyl (C=O) groups is 2. The number of nitrogens with one attached hydrogen (secondary N) is 2. The zero-order chi connectivity index (χ0) is 17.2. The molecule has 0 aromatic heterocycles. The Morgan fingerprint density at radius 2 is 1.43 bits per heavy atom. The second kappa shape index (κ2) is 10.0. The van der Waals surface area contributed by atoms with Gasteiger partial charge < -0.3 is 10.6 Å². The molecule has 128 valence electrons. The van der Waals surface area contributed by atoms with Crippen molar-refractivity contribution < 1.29 is 9.59 Å². The van der Waals surface area contributed by atoms with Gasteiger partial charge in [0.25, 0.3) is 0 Å². The molecule has 4 nitrogen and oxygen atoms in total. The average molecular weight is 318 g/mol. The van der Waals surface area contributed by atoms with Crippen molar-refractivity contribution in [1.82, 2.24) is 5.32 Å². The third kappa shape index (κ3) is 6.85. The molecule has 2 amide bonds. The standard InChI is InChI=1S/C19H30N2O2/c1-5-6-7-8-9-10-11-20-18(22)19(23)21-17-15(3)12-14(2)13-16(17)4/h12-13H,5-11H2,1-4H3,(H,20,22)(H,21,23). The van der Waals surface area contributed by atoms with Crippen LogP contribution in [0.5, 0.6) is 0 Å². The van der Waals surface area contributed by atoms with Gasteiger partial charge in [-0.15, -0.1) is 0 Å². The van der Waals surface area contributed by atoms with E-state index in [2.05, 4.69) is 17.6 Å². The molecule has 23 heavy (non-hydrogen) atoms. The number of hydrogen-bond donors (Lipinski definition) is 2. The fourth-order valence-corrected chi connectivity index (χ4v) is 2.74. The Morgan fingerprint density at radius 1 is 0.870 bits per heavy atom. The van der Waals surface area contributed by atoms with Crippen molar-refractivity contribution in [2.75, 3.05) is 11.9 Å². The largest absolute Gasteiger partial charge is 0.348 e. The van der Waals surface area contributed by atoms with Gasteiger partial charge in [0.05, 0.1) is 0 Å². The Hall–Kier alpha value is -1.84. The molecule has 0 aliphatic rings. The summed E-state index contributed by atoms with van der Waals surface area (Å²) in [7, 11) is 0. The van der Waals surface area contributed by atoms with Gasteiger partial charge in [-0.3, -0.25) is 9.59 Å². The van der Waals surface area contributed by atoms with Gasteiger partial charge in [0.15, 0.2) is 0 Å². The van der Waals surface area contributed by atoms with E-state index in [1.54, 1.807) is 0 Å². The highest BCUT2D eigenvalue weighted by molar-refractivity contribution is 6.39. The molecule has 0 unspecified atom stereocenters. The van der Waals surface area contributed by atoms with E-state index in [1.807, 2.05) is 32.9 Å². The number of hydrogen-bond acceptors (Lipinski definition) is 2. The molecule has 0 spiro atoms. The van der Waals surface area contributed by atoms with Gasteiger partial charge in [-0.2, -0.15) is 0 Å². The molecule has 2 N–H and O–H groups in total. The Balaban J connectivity index is 2.36. The molecule has 0 fully saturated rings. The van der Waals surface area contributed by atoms with Crippen molar-refractivity contribution in [3.63, 3.8) is 0 Å². The lowest BCUT2D eigenvalue weighted by Gasteiger charge is -2.12. The summed E-state index contributed by atoms with van der Waals surface area (Å²) in [5.74, 6) is -1.15. The highest BCUT2D eigenvalue weighted by Gasteiger charge is 2.15. The Labute approximate surface area is 140 Å². The highest BCUT2D eigenvalue weighted by atomic mass is 16.2. The van der Waals surface area contributed by atoms with Crippen molar-refractivity contribution in [3.05, 3.63) is 28.8 Å². The third-order valence-corrected chi connectivity index (χ3v) is 3.94. The number of carbonyl (C=O) groups excluding carboxylic acids is 2. The van der Waals surface area contributed by atoms with Crippen LogP contribution in [-0.2, 0) is 9.59 Å². The minimum Gasteiger partial charge on any atom is -0.348 e. The Bertz CT molecular complexity index is 515. The zero-order valence-electron chi connectivity index (χ0n) is 14.9. The second-order valence-corrected chi connectivity index (χ2v) is 6.25. The van der Waals surface area contributed by atoms with E-state index in [1.165, 1.54) is 25.7 Å². The van der Waals surface area contributed by atoms with Crippen LogP contribution >= 0.6 is 0 Å². The molecule has 4 heteroatoms. The smallest absolute Gasteiger partial charge is 0.313 e.